The van der Waals surface area contributed by atoms with Crippen LogP contribution in [0, 0.1) is 5.92 Å². The van der Waals surface area contributed by atoms with Crippen molar-refractivity contribution in [2.75, 3.05) is 69.5 Å². The Kier molecular flexibility index (Phi) is 11.4. The molecule has 0 bridgehead atoms. The molecule has 5 aromatic rings. The fourth-order valence-corrected chi connectivity index (χ4v) is 9.84. The minimum absolute atomic E-state index is 0.0722. The molecule has 62 heavy (non-hydrogen) atoms. The van der Waals surface area contributed by atoms with E-state index in [1.54, 1.807) is 65.8 Å². The number of methoxy groups -OCH3 is 1. The first kappa shape index (κ1) is 40.7. The number of imide groups is 1. The Balaban J connectivity index is 1.30. The highest BCUT2D eigenvalue weighted by molar-refractivity contribution is 6.23. The molecule has 1 spiro atoms. The molecule has 0 saturated carbocycles. The monoisotopic (exact) mass is 838 g/mol. The van der Waals surface area contributed by atoms with E-state index in [2.05, 4.69) is 9.97 Å². The predicted octanol–water partition coefficient (Wildman–Crippen LogP) is 4.65. The second-order valence-corrected chi connectivity index (χ2v) is 15.5. The van der Waals surface area contributed by atoms with Gasteiger partial charge in [0.05, 0.1) is 36.9 Å². The van der Waals surface area contributed by atoms with Gasteiger partial charge in [-0.25, -0.2) is 19.7 Å². The van der Waals surface area contributed by atoms with Crippen molar-refractivity contribution in [2.24, 2.45) is 5.92 Å². The average molecular weight is 839 g/mol. The summed E-state index contributed by atoms with van der Waals surface area (Å²) in [5, 5.41) is 9.99. The lowest BCUT2D eigenvalue weighted by atomic mass is 9.65. The average Bonchev–Trinajstić information content (AvgIpc) is 3.78. The SMILES string of the molecule is COCCOC(=O)N1C(=O)[C@@]2(c3ccccc31)[C@H](C(=O)N1CCN(c3ncccn3)CC1)[C@H]1C(=O)O[C@H](c3ccccc3)[C@H](c3ccccc3)N1[C@@H]2c1ccccc1OCCO. The van der Waals surface area contributed by atoms with Crippen LogP contribution in [0.2, 0.25) is 0 Å². The number of nitrogens with zero attached hydrogens (tertiary/aromatic N) is 6. The standard InChI is InChI=1S/C47H46N6O9/c1-59-29-30-61-46(58)52-35-19-10-9-18-34(35)47(44(52)57)37(42(55)50-23-25-51(26-24-50)45-48-21-12-22-49-45)39-43(56)62-40(32-15-6-3-7-16-32)38(31-13-4-2-5-14-31)53(39)41(47)33-17-8-11-20-36(33)60-28-27-54/h2-22,37-41,54H,23-30H2,1H3/t37-,38-,39-,40+,41+,47-/m0/s1. The number of para-hydroxylation sites is 2. The van der Waals surface area contributed by atoms with Crippen molar-refractivity contribution < 1.29 is 43.2 Å². The molecule has 0 radical (unpaired) electrons. The van der Waals surface area contributed by atoms with Crippen LogP contribution in [0.1, 0.15) is 40.4 Å². The zero-order chi connectivity index (χ0) is 42.8. The summed E-state index contributed by atoms with van der Waals surface area (Å²) in [6, 6.07) is 31.5. The summed E-state index contributed by atoms with van der Waals surface area (Å²) in [4.78, 5) is 77.2. The third kappa shape index (κ3) is 6.82. The highest BCUT2D eigenvalue weighted by Gasteiger charge is 2.76. The second kappa shape index (κ2) is 17.4. The molecular weight excluding hydrogens is 793 g/mol. The van der Waals surface area contributed by atoms with Gasteiger partial charge in [-0.15, -0.1) is 0 Å². The predicted molar refractivity (Wildman–Crippen MR) is 225 cm³/mol. The van der Waals surface area contributed by atoms with Crippen molar-refractivity contribution >= 4 is 35.5 Å². The normalized spacial score (nSPS) is 24.4. The molecule has 5 heterocycles. The van der Waals surface area contributed by atoms with E-state index >= 15 is 14.4 Å². The van der Waals surface area contributed by atoms with E-state index < -0.39 is 59.4 Å². The topological polar surface area (TPSA) is 164 Å². The van der Waals surface area contributed by atoms with Crippen LogP contribution in [-0.2, 0) is 34.0 Å². The molecular formula is C47H46N6O9. The number of carbonyl (C=O) groups excluding carboxylic acids is 4. The van der Waals surface area contributed by atoms with Crippen LogP contribution in [-0.4, -0.2) is 115 Å². The number of carbonyl (C=O) groups is 4. The number of morpholine rings is 1. The number of esters is 1. The van der Waals surface area contributed by atoms with Gasteiger partial charge in [0.2, 0.25) is 17.8 Å². The van der Waals surface area contributed by atoms with Gasteiger partial charge in [-0.2, -0.15) is 0 Å². The van der Waals surface area contributed by atoms with Gasteiger partial charge in [0.1, 0.15) is 36.5 Å². The lowest BCUT2D eigenvalue weighted by Gasteiger charge is -2.46. The molecule has 4 aromatic carbocycles. The molecule has 0 unspecified atom stereocenters. The summed E-state index contributed by atoms with van der Waals surface area (Å²) in [5.41, 5.74) is 0.608. The number of aliphatic hydroxyl groups excluding tert-OH is 1. The smallest absolute Gasteiger partial charge is 0.421 e. The van der Waals surface area contributed by atoms with Gasteiger partial charge in [-0.05, 0) is 34.9 Å². The number of benzene rings is 4. The summed E-state index contributed by atoms with van der Waals surface area (Å²) in [7, 11) is 1.47. The maximum Gasteiger partial charge on any atom is 0.421 e. The fourth-order valence-electron chi connectivity index (χ4n) is 9.84. The van der Waals surface area contributed by atoms with Crippen LogP contribution < -0.4 is 14.5 Å². The summed E-state index contributed by atoms with van der Waals surface area (Å²) < 4.78 is 23.6. The van der Waals surface area contributed by atoms with E-state index in [0.717, 1.165) is 10.5 Å². The van der Waals surface area contributed by atoms with E-state index in [0.29, 0.717) is 41.5 Å². The number of cyclic esters (lactones) is 1. The van der Waals surface area contributed by atoms with Crippen molar-refractivity contribution in [3.8, 4) is 5.75 Å². The number of hydrogen-bond acceptors (Lipinski definition) is 13. The van der Waals surface area contributed by atoms with E-state index in [-0.39, 0.29) is 45.2 Å². The van der Waals surface area contributed by atoms with Crippen molar-refractivity contribution in [2.45, 2.75) is 29.6 Å². The highest BCUT2D eigenvalue weighted by atomic mass is 16.6. The number of ether oxygens (including phenoxy) is 4. The van der Waals surface area contributed by atoms with Gasteiger partial charge in [0, 0.05) is 51.2 Å². The Labute approximate surface area is 358 Å². The lowest BCUT2D eigenvalue weighted by Crippen LogP contribution is -2.59. The third-order valence-electron chi connectivity index (χ3n) is 12.3. The van der Waals surface area contributed by atoms with Crippen LogP contribution in [0.4, 0.5) is 16.4 Å². The fraction of sp³-hybridized carbons (Fsp3) is 0.319. The molecule has 4 aliphatic heterocycles. The van der Waals surface area contributed by atoms with Crippen molar-refractivity contribution in [1.29, 1.82) is 0 Å². The number of piperazine rings is 1. The highest BCUT2D eigenvalue weighted by Crippen LogP contribution is 2.66. The largest absolute Gasteiger partial charge is 0.491 e. The maximum atomic E-state index is 16.2. The summed E-state index contributed by atoms with van der Waals surface area (Å²) in [6.45, 7) is 0.831. The molecule has 318 valence electrons. The first-order valence-electron chi connectivity index (χ1n) is 20.7. The van der Waals surface area contributed by atoms with Crippen molar-refractivity contribution in [1.82, 2.24) is 19.8 Å². The summed E-state index contributed by atoms with van der Waals surface area (Å²) in [6.07, 6.45) is 1.48. The van der Waals surface area contributed by atoms with E-state index in [9.17, 15) is 9.90 Å². The number of aromatic nitrogens is 2. The molecule has 3 saturated heterocycles. The third-order valence-corrected chi connectivity index (χ3v) is 12.3. The molecule has 0 aliphatic carbocycles. The van der Waals surface area contributed by atoms with E-state index in [1.807, 2.05) is 76.5 Å². The number of anilines is 2. The van der Waals surface area contributed by atoms with Crippen LogP contribution in [0.15, 0.2) is 128 Å². The number of rotatable bonds is 11. The summed E-state index contributed by atoms with van der Waals surface area (Å²) in [5.74, 6) is -2.45. The molecule has 6 atom stereocenters. The summed E-state index contributed by atoms with van der Waals surface area (Å²) >= 11 is 0. The van der Waals surface area contributed by atoms with E-state index in [1.165, 1.54) is 7.11 Å². The Bertz CT molecular complexity index is 2420. The van der Waals surface area contributed by atoms with Crippen LogP contribution in [0.25, 0.3) is 0 Å². The first-order chi connectivity index (χ1) is 30.4. The van der Waals surface area contributed by atoms with Gasteiger partial charge < -0.3 is 33.9 Å². The van der Waals surface area contributed by atoms with Crippen molar-refractivity contribution in [3.63, 3.8) is 0 Å². The minimum atomic E-state index is -1.95. The zero-order valence-corrected chi connectivity index (χ0v) is 34.1. The van der Waals surface area contributed by atoms with Crippen molar-refractivity contribution in [3.05, 3.63) is 150 Å². The minimum Gasteiger partial charge on any atom is -0.491 e. The number of hydrogen-bond donors (Lipinski definition) is 1. The number of aliphatic hydroxyl groups is 1. The van der Waals surface area contributed by atoms with E-state index in [4.69, 9.17) is 18.9 Å². The zero-order valence-electron chi connectivity index (χ0n) is 34.1. The second-order valence-electron chi connectivity index (χ2n) is 15.5. The Morgan fingerprint density at radius 2 is 1.44 bits per heavy atom. The molecule has 1 aromatic heterocycles. The Hall–Kier alpha value is -6.68. The number of fused-ring (bicyclic) bond motifs is 3. The quantitative estimate of drug-likeness (QED) is 0.145. The number of amides is 3. The Morgan fingerprint density at radius 1 is 0.774 bits per heavy atom. The van der Waals surface area contributed by atoms with Crippen LogP contribution in [0.5, 0.6) is 5.75 Å². The maximum absolute atomic E-state index is 16.2. The first-order valence-corrected chi connectivity index (χ1v) is 20.7. The van der Waals surface area contributed by atoms with Gasteiger partial charge in [-0.1, -0.05) is 97.1 Å². The van der Waals surface area contributed by atoms with Gasteiger partial charge in [0.25, 0.3) is 0 Å². The lowest BCUT2D eigenvalue weighted by molar-refractivity contribution is -0.179. The molecule has 9 rings (SSSR count). The van der Waals surface area contributed by atoms with Gasteiger partial charge in [0.15, 0.2) is 0 Å². The van der Waals surface area contributed by atoms with Crippen LogP contribution in [0.3, 0.4) is 0 Å². The molecule has 3 amide bonds. The molecule has 15 nitrogen and oxygen atoms in total. The van der Waals surface area contributed by atoms with Crippen LogP contribution >= 0.6 is 0 Å². The van der Waals surface area contributed by atoms with Gasteiger partial charge in [-0.3, -0.25) is 19.3 Å². The molecule has 3 fully saturated rings. The molecule has 4 aliphatic rings. The van der Waals surface area contributed by atoms with Gasteiger partial charge >= 0.3 is 12.1 Å². The molecule has 15 heteroatoms. The Morgan fingerprint density at radius 3 is 2.15 bits per heavy atom. The molecule has 1 N–H and O–H groups in total.